The van der Waals surface area contributed by atoms with Crippen molar-refractivity contribution in [3.8, 4) is 0 Å². The van der Waals surface area contributed by atoms with Gasteiger partial charge in [-0.3, -0.25) is 0 Å². The average Bonchev–Trinajstić information content (AvgIpc) is 3.04. The zero-order chi connectivity index (χ0) is 14.9. The Hall–Kier alpha value is -0.380. The third-order valence-electron chi connectivity index (χ3n) is 5.43. The van der Waals surface area contributed by atoms with Gasteiger partial charge in [-0.25, -0.2) is 0 Å². The van der Waals surface area contributed by atoms with E-state index in [1.165, 1.54) is 53.8 Å². The van der Waals surface area contributed by atoms with Crippen LogP contribution in [0.3, 0.4) is 0 Å². The predicted octanol–water partition coefficient (Wildman–Crippen LogP) is 4.75. The van der Waals surface area contributed by atoms with Gasteiger partial charge >= 0.3 is 0 Å². The molecule has 1 spiro atoms. The molecule has 1 aliphatic carbocycles. The normalized spacial score (nSPS) is 26.3. The Kier molecular flexibility index (Phi) is 4.72. The lowest BCUT2D eigenvalue weighted by Crippen LogP contribution is -2.41. The van der Waals surface area contributed by atoms with Crippen molar-refractivity contribution >= 4 is 11.3 Å². The van der Waals surface area contributed by atoms with Crippen molar-refractivity contribution in [3.63, 3.8) is 0 Å². The Labute approximate surface area is 133 Å². The highest BCUT2D eigenvalue weighted by Gasteiger charge is 2.42. The first-order chi connectivity index (χ1) is 10.1. The molecule has 0 amide bonds. The average molecular weight is 308 g/mol. The minimum Gasteiger partial charge on any atom is -0.375 e. The van der Waals surface area contributed by atoms with Crippen LogP contribution in [0, 0.1) is 19.8 Å². The molecule has 2 aliphatic rings. The lowest BCUT2D eigenvalue weighted by atomic mass is 9.80. The van der Waals surface area contributed by atoms with Gasteiger partial charge in [-0.2, -0.15) is 0 Å². The molecular formula is C18H29NOS. The topological polar surface area (TPSA) is 21.3 Å². The summed E-state index contributed by atoms with van der Waals surface area (Å²) in [5, 5.41) is 3.77. The number of hydrogen-bond acceptors (Lipinski definition) is 3. The Bertz CT molecular complexity index is 456. The molecule has 1 aromatic heterocycles. The largest absolute Gasteiger partial charge is 0.375 e. The van der Waals surface area contributed by atoms with Crippen molar-refractivity contribution in [1.82, 2.24) is 5.32 Å². The van der Waals surface area contributed by atoms with Crippen molar-refractivity contribution in [3.05, 3.63) is 21.4 Å². The van der Waals surface area contributed by atoms with Gasteiger partial charge in [0.05, 0.1) is 5.60 Å². The standard InChI is InChI=1S/C18H29NOS/c1-4-19-17(16-11-13(2)14(3)21-16)15-7-10-20-18(12-15)8-5-6-9-18/h11,15,17,19H,4-10,12H2,1-3H3. The van der Waals surface area contributed by atoms with Crippen LogP contribution >= 0.6 is 11.3 Å². The summed E-state index contributed by atoms with van der Waals surface area (Å²) < 4.78 is 6.23. The van der Waals surface area contributed by atoms with Gasteiger partial charge in [0.1, 0.15) is 0 Å². The highest BCUT2D eigenvalue weighted by atomic mass is 32.1. The summed E-state index contributed by atoms with van der Waals surface area (Å²) in [6.07, 6.45) is 7.73. The molecular weight excluding hydrogens is 278 g/mol. The molecule has 2 heterocycles. The molecule has 0 aromatic carbocycles. The van der Waals surface area contributed by atoms with Gasteiger partial charge in [-0.05, 0) is 63.6 Å². The molecule has 2 unspecified atom stereocenters. The predicted molar refractivity (Wildman–Crippen MR) is 90.1 cm³/mol. The van der Waals surface area contributed by atoms with E-state index in [0.717, 1.165) is 19.1 Å². The highest BCUT2D eigenvalue weighted by Crippen LogP contribution is 2.46. The molecule has 3 rings (SSSR count). The fourth-order valence-corrected chi connectivity index (χ4v) is 5.40. The van der Waals surface area contributed by atoms with Crippen LogP contribution < -0.4 is 5.32 Å². The van der Waals surface area contributed by atoms with E-state index in [2.05, 4.69) is 32.2 Å². The first-order valence-corrected chi connectivity index (χ1v) is 9.39. The summed E-state index contributed by atoms with van der Waals surface area (Å²) in [5.74, 6) is 0.731. The first-order valence-electron chi connectivity index (χ1n) is 8.58. The molecule has 1 saturated carbocycles. The van der Waals surface area contributed by atoms with Crippen molar-refractivity contribution in [2.24, 2.45) is 5.92 Å². The molecule has 2 fully saturated rings. The zero-order valence-corrected chi connectivity index (χ0v) is 14.5. The van der Waals surface area contributed by atoms with E-state index in [9.17, 15) is 0 Å². The molecule has 118 valence electrons. The molecule has 1 saturated heterocycles. The summed E-state index contributed by atoms with van der Waals surface area (Å²) in [6, 6.07) is 2.93. The Balaban J connectivity index is 1.79. The second-order valence-electron chi connectivity index (χ2n) is 6.91. The Morgan fingerprint density at radius 1 is 1.38 bits per heavy atom. The van der Waals surface area contributed by atoms with Gasteiger partial charge in [-0.15, -0.1) is 11.3 Å². The van der Waals surface area contributed by atoms with Crippen LogP contribution in [0.1, 0.15) is 66.8 Å². The van der Waals surface area contributed by atoms with Gasteiger partial charge < -0.3 is 10.1 Å². The van der Waals surface area contributed by atoms with Crippen molar-refractivity contribution < 1.29 is 4.74 Å². The van der Waals surface area contributed by atoms with E-state index in [1.54, 1.807) is 0 Å². The zero-order valence-electron chi connectivity index (χ0n) is 13.7. The van der Waals surface area contributed by atoms with E-state index >= 15 is 0 Å². The van der Waals surface area contributed by atoms with Crippen LogP contribution in [0.2, 0.25) is 0 Å². The number of thiophene rings is 1. The molecule has 2 atom stereocenters. The van der Waals surface area contributed by atoms with Gasteiger partial charge in [0.2, 0.25) is 0 Å². The monoisotopic (exact) mass is 307 g/mol. The van der Waals surface area contributed by atoms with E-state index in [0.29, 0.717) is 6.04 Å². The molecule has 0 bridgehead atoms. The molecule has 21 heavy (non-hydrogen) atoms. The number of rotatable bonds is 4. The SMILES string of the molecule is CCNC(c1cc(C)c(C)s1)C1CCOC2(CCCC2)C1. The number of nitrogens with one attached hydrogen (secondary N) is 1. The molecule has 1 aromatic rings. The Morgan fingerprint density at radius 2 is 2.14 bits per heavy atom. The summed E-state index contributed by atoms with van der Waals surface area (Å²) in [6.45, 7) is 8.71. The minimum atomic E-state index is 0.220. The van der Waals surface area contributed by atoms with Crippen molar-refractivity contribution in [2.45, 2.75) is 70.9 Å². The van der Waals surface area contributed by atoms with Crippen LogP contribution in [0.4, 0.5) is 0 Å². The van der Waals surface area contributed by atoms with Crippen LogP contribution in [-0.2, 0) is 4.74 Å². The van der Waals surface area contributed by atoms with Gasteiger partial charge in [0.15, 0.2) is 0 Å². The molecule has 1 N–H and O–H groups in total. The third kappa shape index (κ3) is 3.20. The van der Waals surface area contributed by atoms with Gasteiger partial charge in [0, 0.05) is 22.4 Å². The van der Waals surface area contributed by atoms with E-state index in [-0.39, 0.29) is 5.60 Å². The molecule has 1 aliphatic heterocycles. The van der Waals surface area contributed by atoms with Crippen LogP contribution in [0.25, 0.3) is 0 Å². The van der Waals surface area contributed by atoms with Gasteiger partial charge in [-0.1, -0.05) is 19.8 Å². The van der Waals surface area contributed by atoms with E-state index < -0.39 is 0 Å². The lowest BCUT2D eigenvalue weighted by Gasteiger charge is -2.41. The van der Waals surface area contributed by atoms with Crippen molar-refractivity contribution in [2.75, 3.05) is 13.2 Å². The molecule has 3 heteroatoms. The maximum Gasteiger partial charge on any atom is 0.0686 e. The quantitative estimate of drug-likeness (QED) is 0.866. The summed E-state index contributed by atoms with van der Waals surface area (Å²) >= 11 is 1.98. The maximum atomic E-state index is 6.23. The van der Waals surface area contributed by atoms with Crippen LogP contribution in [-0.4, -0.2) is 18.8 Å². The number of ether oxygens (including phenoxy) is 1. The smallest absolute Gasteiger partial charge is 0.0686 e. The summed E-state index contributed by atoms with van der Waals surface area (Å²) in [7, 11) is 0. The third-order valence-corrected chi connectivity index (χ3v) is 6.67. The van der Waals surface area contributed by atoms with Crippen LogP contribution in [0.15, 0.2) is 6.07 Å². The highest BCUT2D eigenvalue weighted by molar-refractivity contribution is 7.12. The lowest BCUT2D eigenvalue weighted by molar-refractivity contribution is -0.0979. The summed E-state index contributed by atoms with van der Waals surface area (Å²) in [4.78, 5) is 3.00. The molecule has 2 nitrogen and oxygen atoms in total. The molecule has 0 radical (unpaired) electrons. The van der Waals surface area contributed by atoms with Crippen LogP contribution in [0.5, 0.6) is 0 Å². The fraction of sp³-hybridized carbons (Fsp3) is 0.778. The first kappa shape index (κ1) is 15.5. The fourth-order valence-electron chi connectivity index (χ4n) is 4.19. The summed E-state index contributed by atoms with van der Waals surface area (Å²) in [5.41, 5.74) is 1.67. The second kappa shape index (κ2) is 6.39. The number of aryl methyl sites for hydroxylation is 2. The van der Waals surface area contributed by atoms with E-state index in [4.69, 9.17) is 4.74 Å². The van der Waals surface area contributed by atoms with Crippen molar-refractivity contribution in [1.29, 1.82) is 0 Å². The van der Waals surface area contributed by atoms with Gasteiger partial charge in [0.25, 0.3) is 0 Å². The Morgan fingerprint density at radius 3 is 2.76 bits per heavy atom. The minimum absolute atomic E-state index is 0.220. The number of hydrogen-bond donors (Lipinski definition) is 1. The second-order valence-corrected chi connectivity index (χ2v) is 8.20. The van der Waals surface area contributed by atoms with E-state index in [1.807, 2.05) is 11.3 Å². The maximum absolute atomic E-state index is 6.23.